The number of hydrogen-bond acceptors (Lipinski definition) is 4. The summed E-state index contributed by atoms with van der Waals surface area (Å²) in [5, 5.41) is 3.48. The lowest BCUT2D eigenvalue weighted by atomic mass is 9.94. The van der Waals surface area contributed by atoms with E-state index in [-0.39, 0.29) is 24.3 Å². The number of carbonyl (C=O) groups is 3. The zero-order valence-electron chi connectivity index (χ0n) is 17.2. The van der Waals surface area contributed by atoms with Crippen LogP contribution >= 0.6 is 11.3 Å². The molecule has 0 atom stereocenters. The summed E-state index contributed by atoms with van der Waals surface area (Å²) in [6.45, 7) is 0.632. The summed E-state index contributed by atoms with van der Waals surface area (Å²) < 4.78 is 0. The summed E-state index contributed by atoms with van der Waals surface area (Å²) >= 11 is 1.40. The van der Waals surface area contributed by atoms with Crippen molar-refractivity contribution in [1.29, 1.82) is 0 Å². The molecule has 1 aliphatic rings. The summed E-state index contributed by atoms with van der Waals surface area (Å²) in [6.07, 6.45) is 0.474. The van der Waals surface area contributed by atoms with Crippen LogP contribution in [0.5, 0.6) is 0 Å². The third-order valence-corrected chi connectivity index (χ3v) is 6.52. The van der Waals surface area contributed by atoms with Crippen LogP contribution < -0.4 is 4.90 Å². The summed E-state index contributed by atoms with van der Waals surface area (Å²) in [6, 6.07) is 24.1. The van der Waals surface area contributed by atoms with Crippen LogP contribution in [0.1, 0.15) is 36.8 Å². The van der Waals surface area contributed by atoms with Crippen LogP contribution in [-0.2, 0) is 0 Å². The van der Waals surface area contributed by atoms with Crippen LogP contribution in [0, 0.1) is 0 Å². The molecule has 3 amide bonds. The van der Waals surface area contributed by atoms with Crippen LogP contribution in [0.3, 0.4) is 0 Å². The molecule has 5 rings (SSSR count). The first-order valence-electron chi connectivity index (χ1n) is 10.4. The highest BCUT2D eigenvalue weighted by molar-refractivity contribution is 7.12. The van der Waals surface area contributed by atoms with Gasteiger partial charge in [-0.25, -0.2) is 0 Å². The molecule has 1 aliphatic heterocycles. The van der Waals surface area contributed by atoms with Crippen molar-refractivity contribution in [2.45, 2.75) is 6.42 Å². The number of amides is 3. The van der Waals surface area contributed by atoms with Crippen LogP contribution in [0.4, 0.5) is 5.69 Å². The molecule has 0 bridgehead atoms. The maximum atomic E-state index is 13.1. The highest BCUT2D eigenvalue weighted by atomic mass is 32.1. The second kappa shape index (κ2) is 8.40. The van der Waals surface area contributed by atoms with Gasteiger partial charge in [0.2, 0.25) is 0 Å². The Bertz CT molecular complexity index is 1260. The average Bonchev–Trinajstić information content (AvgIpc) is 3.37. The molecule has 5 nitrogen and oxygen atoms in total. The normalized spacial score (nSPS) is 12.9. The van der Waals surface area contributed by atoms with Gasteiger partial charge >= 0.3 is 0 Å². The lowest BCUT2D eigenvalue weighted by Gasteiger charge is -2.28. The lowest BCUT2D eigenvalue weighted by molar-refractivity contribution is 0.0610. The summed E-state index contributed by atoms with van der Waals surface area (Å²) in [5.74, 6) is -0.650. The smallest absolute Gasteiger partial charge is 0.268 e. The van der Waals surface area contributed by atoms with Gasteiger partial charge in [0.15, 0.2) is 0 Å². The summed E-state index contributed by atoms with van der Waals surface area (Å²) in [5.41, 5.74) is 1.89. The third-order valence-electron chi connectivity index (χ3n) is 5.66. The Morgan fingerprint density at radius 2 is 1.50 bits per heavy atom. The molecular weight excluding hydrogens is 420 g/mol. The SMILES string of the molecule is O=C1c2cccc3cccc(c23)C(=O)N1CCCN(C(=O)c1cccs1)c1ccccc1. The minimum absolute atomic E-state index is 0.0855. The molecule has 0 saturated carbocycles. The van der Waals surface area contributed by atoms with Gasteiger partial charge < -0.3 is 4.90 Å². The topological polar surface area (TPSA) is 57.7 Å². The molecule has 0 aliphatic carbocycles. The van der Waals surface area contributed by atoms with E-state index in [0.29, 0.717) is 29.0 Å². The third kappa shape index (κ3) is 3.48. The van der Waals surface area contributed by atoms with E-state index >= 15 is 0 Å². The molecule has 0 saturated heterocycles. The van der Waals surface area contributed by atoms with Crippen molar-refractivity contribution in [2.75, 3.05) is 18.0 Å². The van der Waals surface area contributed by atoms with Crippen LogP contribution in [0.2, 0.25) is 0 Å². The molecule has 158 valence electrons. The number of imide groups is 1. The second-order valence-corrected chi connectivity index (χ2v) is 8.54. The summed E-state index contributed by atoms with van der Waals surface area (Å²) in [7, 11) is 0. The number of anilines is 1. The van der Waals surface area contributed by atoms with Crippen molar-refractivity contribution in [2.24, 2.45) is 0 Å². The minimum Gasteiger partial charge on any atom is -0.308 e. The van der Waals surface area contributed by atoms with Crippen LogP contribution in [0.25, 0.3) is 10.8 Å². The fourth-order valence-corrected chi connectivity index (χ4v) is 4.83. The monoisotopic (exact) mass is 440 g/mol. The molecular formula is C26H20N2O3S. The Balaban J connectivity index is 1.37. The number of para-hydroxylation sites is 1. The van der Waals surface area contributed by atoms with Crippen molar-refractivity contribution in [1.82, 2.24) is 4.90 Å². The van der Waals surface area contributed by atoms with E-state index in [0.717, 1.165) is 16.5 Å². The van der Waals surface area contributed by atoms with Gasteiger partial charge in [-0.1, -0.05) is 48.5 Å². The number of hydrogen-bond donors (Lipinski definition) is 0. The van der Waals surface area contributed by atoms with Gasteiger partial charge in [0.05, 0.1) is 4.88 Å². The van der Waals surface area contributed by atoms with Crippen LogP contribution in [-0.4, -0.2) is 35.7 Å². The van der Waals surface area contributed by atoms with E-state index in [4.69, 9.17) is 0 Å². The molecule has 0 spiro atoms. The van der Waals surface area contributed by atoms with Crippen molar-refractivity contribution in [3.63, 3.8) is 0 Å². The lowest BCUT2D eigenvalue weighted by Crippen LogP contribution is -2.42. The van der Waals surface area contributed by atoms with E-state index in [1.807, 2.05) is 66.0 Å². The molecule has 6 heteroatoms. The Morgan fingerprint density at radius 3 is 2.12 bits per heavy atom. The summed E-state index contributed by atoms with van der Waals surface area (Å²) in [4.78, 5) is 43.0. The van der Waals surface area contributed by atoms with Crippen molar-refractivity contribution >= 4 is 45.5 Å². The molecule has 32 heavy (non-hydrogen) atoms. The zero-order valence-corrected chi connectivity index (χ0v) is 18.0. The first-order chi connectivity index (χ1) is 15.6. The quantitative estimate of drug-likeness (QED) is 0.386. The van der Waals surface area contributed by atoms with Crippen molar-refractivity contribution < 1.29 is 14.4 Å². The van der Waals surface area contributed by atoms with Crippen LogP contribution in [0.15, 0.2) is 84.2 Å². The van der Waals surface area contributed by atoms with Gasteiger partial charge in [-0.3, -0.25) is 19.3 Å². The van der Waals surface area contributed by atoms with E-state index in [2.05, 4.69) is 0 Å². The Hall–Kier alpha value is -3.77. The second-order valence-electron chi connectivity index (χ2n) is 7.59. The molecule has 3 aromatic carbocycles. The average molecular weight is 441 g/mol. The molecule has 0 N–H and O–H groups in total. The van der Waals surface area contributed by atoms with Gasteiger partial charge in [-0.2, -0.15) is 0 Å². The number of thiophene rings is 1. The standard InChI is InChI=1S/C26H20N2O3S/c29-24-20-12-4-8-18-9-5-13-21(23(18)20)25(30)28(24)16-7-15-27(19-10-2-1-3-11-19)26(31)22-14-6-17-32-22/h1-6,8-14,17H,7,15-16H2. The predicted molar refractivity (Wildman–Crippen MR) is 126 cm³/mol. The predicted octanol–water partition coefficient (Wildman–Crippen LogP) is 5.23. The molecule has 0 fully saturated rings. The Morgan fingerprint density at radius 1 is 0.812 bits per heavy atom. The zero-order chi connectivity index (χ0) is 22.1. The number of rotatable bonds is 6. The molecule has 2 heterocycles. The van der Waals surface area contributed by atoms with E-state index in [1.54, 1.807) is 23.1 Å². The fourth-order valence-electron chi connectivity index (χ4n) is 4.16. The first kappa shape index (κ1) is 20.2. The van der Waals surface area contributed by atoms with Gasteiger partial charge in [0.25, 0.3) is 17.7 Å². The van der Waals surface area contributed by atoms with Gasteiger partial charge in [-0.05, 0) is 47.5 Å². The highest BCUT2D eigenvalue weighted by Crippen LogP contribution is 2.30. The Labute approximate surface area is 189 Å². The fraction of sp³-hybridized carbons (Fsp3) is 0.115. The molecule has 0 unspecified atom stereocenters. The maximum Gasteiger partial charge on any atom is 0.268 e. The van der Waals surface area contributed by atoms with Gasteiger partial charge in [-0.15, -0.1) is 11.3 Å². The molecule has 0 radical (unpaired) electrons. The van der Waals surface area contributed by atoms with Gasteiger partial charge in [0, 0.05) is 35.3 Å². The number of carbonyl (C=O) groups excluding carboxylic acids is 3. The van der Waals surface area contributed by atoms with Crippen molar-refractivity contribution in [3.8, 4) is 0 Å². The molecule has 4 aromatic rings. The van der Waals surface area contributed by atoms with E-state index < -0.39 is 0 Å². The first-order valence-corrected chi connectivity index (χ1v) is 11.3. The Kier molecular flexibility index (Phi) is 5.29. The van der Waals surface area contributed by atoms with Crippen molar-refractivity contribution in [3.05, 3.63) is 100 Å². The number of nitrogens with zero attached hydrogens (tertiary/aromatic N) is 2. The van der Waals surface area contributed by atoms with Gasteiger partial charge in [0.1, 0.15) is 0 Å². The highest BCUT2D eigenvalue weighted by Gasteiger charge is 2.32. The maximum absolute atomic E-state index is 13.1. The largest absolute Gasteiger partial charge is 0.308 e. The molecule has 1 aromatic heterocycles. The van der Waals surface area contributed by atoms with E-state index in [9.17, 15) is 14.4 Å². The minimum atomic E-state index is -0.282. The number of benzene rings is 3. The van der Waals surface area contributed by atoms with E-state index in [1.165, 1.54) is 16.2 Å².